The molecule has 0 atom stereocenters. The summed E-state index contributed by atoms with van der Waals surface area (Å²) in [5, 5.41) is 21.7. The van der Waals surface area contributed by atoms with Crippen molar-refractivity contribution in [1.82, 2.24) is 0 Å². The number of aromatic hydroxyl groups is 1. The van der Waals surface area contributed by atoms with Crippen molar-refractivity contribution in [2.75, 3.05) is 5.32 Å². The van der Waals surface area contributed by atoms with E-state index in [0.29, 0.717) is 17.7 Å². The maximum absolute atomic E-state index is 12.5. The molecule has 1 amide bonds. The van der Waals surface area contributed by atoms with Crippen LogP contribution in [0.25, 0.3) is 0 Å². The summed E-state index contributed by atoms with van der Waals surface area (Å²) in [6, 6.07) is 14.5. The fraction of sp³-hybridized carbons (Fsp3) is 0.278. The van der Waals surface area contributed by atoms with Gasteiger partial charge in [0, 0.05) is 5.41 Å². The standard InChI is InChI=1S/C18H21NO3/c1-18(2,11-13-6-4-3-5-7-13)17(22)19-15-9-8-14(12-20)10-16(15)21/h3-10,20-21H,11-12H2,1-2H3,(H,19,22). The lowest BCUT2D eigenvalue weighted by molar-refractivity contribution is -0.123. The van der Waals surface area contributed by atoms with Gasteiger partial charge < -0.3 is 15.5 Å². The minimum Gasteiger partial charge on any atom is -0.506 e. The zero-order valence-corrected chi connectivity index (χ0v) is 12.8. The van der Waals surface area contributed by atoms with Crippen LogP contribution >= 0.6 is 0 Å². The minimum absolute atomic E-state index is 0.0459. The largest absolute Gasteiger partial charge is 0.506 e. The van der Waals surface area contributed by atoms with Crippen molar-refractivity contribution < 1.29 is 15.0 Å². The number of hydrogen-bond acceptors (Lipinski definition) is 3. The Bertz CT molecular complexity index is 651. The summed E-state index contributed by atoms with van der Waals surface area (Å²) in [5.74, 6) is -0.209. The van der Waals surface area contributed by atoms with Crippen LogP contribution in [0, 0.1) is 5.41 Å². The van der Waals surface area contributed by atoms with Gasteiger partial charge in [-0.2, -0.15) is 0 Å². The Morgan fingerprint density at radius 3 is 2.36 bits per heavy atom. The first-order valence-electron chi connectivity index (χ1n) is 7.20. The number of anilines is 1. The third-order valence-electron chi connectivity index (χ3n) is 3.60. The number of aliphatic hydroxyl groups excluding tert-OH is 1. The Labute approximate surface area is 130 Å². The van der Waals surface area contributed by atoms with E-state index in [1.165, 1.54) is 6.07 Å². The molecule has 4 heteroatoms. The number of carbonyl (C=O) groups is 1. The van der Waals surface area contributed by atoms with Crippen LogP contribution in [0.5, 0.6) is 5.75 Å². The van der Waals surface area contributed by atoms with Crippen molar-refractivity contribution in [1.29, 1.82) is 0 Å². The molecule has 0 radical (unpaired) electrons. The predicted molar refractivity (Wildman–Crippen MR) is 86.6 cm³/mol. The zero-order valence-electron chi connectivity index (χ0n) is 12.8. The van der Waals surface area contributed by atoms with Crippen molar-refractivity contribution in [2.24, 2.45) is 5.41 Å². The van der Waals surface area contributed by atoms with Gasteiger partial charge in [0.15, 0.2) is 0 Å². The lowest BCUT2D eigenvalue weighted by Crippen LogP contribution is -2.32. The molecular weight excluding hydrogens is 278 g/mol. The summed E-state index contributed by atoms with van der Waals surface area (Å²) < 4.78 is 0. The van der Waals surface area contributed by atoms with Crippen LogP contribution in [0.1, 0.15) is 25.0 Å². The molecule has 22 heavy (non-hydrogen) atoms. The molecule has 116 valence electrons. The van der Waals surface area contributed by atoms with Crippen molar-refractivity contribution in [2.45, 2.75) is 26.9 Å². The summed E-state index contributed by atoms with van der Waals surface area (Å²) in [6.07, 6.45) is 0.606. The van der Waals surface area contributed by atoms with E-state index in [4.69, 9.17) is 5.11 Å². The molecule has 0 aliphatic heterocycles. The van der Waals surface area contributed by atoms with Crippen LogP contribution < -0.4 is 5.32 Å². The van der Waals surface area contributed by atoms with Crippen LogP contribution in [0.3, 0.4) is 0 Å². The van der Waals surface area contributed by atoms with Gasteiger partial charge in [-0.1, -0.05) is 50.2 Å². The fourth-order valence-electron chi connectivity index (χ4n) is 2.26. The number of benzene rings is 2. The quantitative estimate of drug-likeness (QED) is 0.743. The molecule has 0 fully saturated rings. The van der Waals surface area contributed by atoms with Gasteiger partial charge in [0.1, 0.15) is 5.75 Å². The Kier molecular flexibility index (Phi) is 4.83. The van der Waals surface area contributed by atoms with Crippen LogP contribution in [0.4, 0.5) is 5.69 Å². The molecule has 0 saturated heterocycles. The number of phenols is 1. The molecule has 0 aliphatic carbocycles. The third kappa shape index (κ3) is 3.86. The van der Waals surface area contributed by atoms with Crippen LogP contribution in [0.2, 0.25) is 0 Å². The Balaban J connectivity index is 2.10. The van der Waals surface area contributed by atoms with E-state index in [0.717, 1.165) is 5.56 Å². The molecule has 2 aromatic rings. The van der Waals surface area contributed by atoms with Crippen LogP contribution in [-0.2, 0) is 17.8 Å². The van der Waals surface area contributed by atoms with Gasteiger partial charge in [-0.25, -0.2) is 0 Å². The monoisotopic (exact) mass is 299 g/mol. The average molecular weight is 299 g/mol. The summed E-state index contributed by atoms with van der Waals surface area (Å²) in [6.45, 7) is 3.59. The third-order valence-corrected chi connectivity index (χ3v) is 3.60. The molecule has 0 heterocycles. The molecule has 0 aliphatic rings. The lowest BCUT2D eigenvalue weighted by Gasteiger charge is -2.24. The summed E-state index contributed by atoms with van der Waals surface area (Å²) >= 11 is 0. The summed E-state index contributed by atoms with van der Waals surface area (Å²) in [7, 11) is 0. The molecule has 2 rings (SSSR count). The Morgan fingerprint density at radius 1 is 1.09 bits per heavy atom. The van der Waals surface area contributed by atoms with Crippen molar-refractivity contribution in [3.63, 3.8) is 0 Å². The van der Waals surface area contributed by atoms with Gasteiger partial charge in [0.05, 0.1) is 12.3 Å². The Morgan fingerprint density at radius 2 is 1.77 bits per heavy atom. The van der Waals surface area contributed by atoms with Gasteiger partial charge in [-0.15, -0.1) is 0 Å². The lowest BCUT2D eigenvalue weighted by atomic mass is 9.84. The van der Waals surface area contributed by atoms with Gasteiger partial charge in [0.25, 0.3) is 0 Å². The SMILES string of the molecule is CC(C)(Cc1ccccc1)C(=O)Nc1ccc(CO)cc1O. The second-order valence-electron chi connectivity index (χ2n) is 6.01. The molecule has 3 N–H and O–H groups in total. The van der Waals surface area contributed by atoms with Gasteiger partial charge in [0.2, 0.25) is 5.91 Å². The van der Waals surface area contributed by atoms with Gasteiger partial charge in [-0.05, 0) is 29.7 Å². The number of rotatable bonds is 5. The first kappa shape index (κ1) is 16.0. The van der Waals surface area contributed by atoms with Crippen LogP contribution in [-0.4, -0.2) is 16.1 Å². The first-order valence-corrected chi connectivity index (χ1v) is 7.20. The maximum atomic E-state index is 12.5. The zero-order chi connectivity index (χ0) is 16.2. The van der Waals surface area contributed by atoms with E-state index in [1.54, 1.807) is 12.1 Å². The number of carbonyl (C=O) groups excluding carboxylic acids is 1. The number of amides is 1. The highest BCUT2D eigenvalue weighted by atomic mass is 16.3. The highest BCUT2D eigenvalue weighted by Gasteiger charge is 2.28. The summed E-state index contributed by atoms with van der Waals surface area (Å²) in [5.41, 5.74) is 1.42. The Hall–Kier alpha value is -2.33. The number of aliphatic hydroxyl groups is 1. The van der Waals surface area contributed by atoms with Crippen LogP contribution in [0.15, 0.2) is 48.5 Å². The number of phenolic OH excluding ortho intramolecular Hbond substituents is 1. The molecular formula is C18H21NO3. The molecule has 0 saturated carbocycles. The fourth-order valence-corrected chi connectivity index (χ4v) is 2.26. The second kappa shape index (κ2) is 6.62. The van der Waals surface area contributed by atoms with Gasteiger partial charge >= 0.3 is 0 Å². The van der Waals surface area contributed by atoms with E-state index < -0.39 is 5.41 Å². The van der Waals surface area contributed by atoms with Gasteiger partial charge in [-0.3, -0.25) is 4.79 Å². The maximum Gasteiger partial charge on any atom is 0.230 e. The van der Waals surface area contributed by atoms with E-state index in [2.05, 4.69) is 5.32 Å². The van der Waals surface area contributed by atoms with Crippen molar-refractivity contribution in [3.8, 4) is 5.75 Å². The van der Waals surface area contributed by atoms with E-state index in [1.807, 2.05) is 44.2 Å². The molecule has 0 bridgehead atoms. The predicted octanol–water partition coefficient (Wildman–Crippen LogP) is 3.09. The minimum atomic E-state index is -0.608. The van der Waals surface area contributed by atoms with Crippen molar-refractivity contribution in [3.05, 3.63) is 59.7 Å². The molecule has 0 unspecified atom stereocenters. The normalized spacial score (nSPS) is 11.2. The van der Waals surface area contributed by atoms with E-state index >= 15 is 0 Å². The van der Waals surface area contributed by atoms with E-state index in [-0.39, 0.29) is 18.3 Å². The summed E-state index contributed by atoms with van der Waals surface area (Å²) in [4.78, 5) is 12.5. The highest BCUT2D eigenvalue weighted by molar-refractivity contribution is 5.96. The molecule has 4 nitrogen and oxygen atoms in total. The van der Waals surface area contributed by atoms with Crippen molar-refractivity contribution >= 4 is 11.6 Å². The highest BCUT2D eigenvalue weighted by Crippen LogP contribution is 2.28. The smallest absolute Gasteiger partial charge is 0.230 e. The average Bonchev–Trinajstić information content (AvgIpc) is 2.49. The number of hydrogen-bond donors (Lipinski definition) is 3. The molecule has 2 aromatic carbocycles. The first-order chi connectivity index (χ1) is 10.4. The topological polar surface area (TPSA) is 69.6 Å². The second-order valence-corrected chi connectivity index (χ2v) is 6.01. The molecule has 0 spiro atoms. The van der Waals surface area contributed by atoms with E-state index in [9.17, 15) is 9.90 Å². The number of nitrogens with one attached hydrogen (secondary N) is 1. The molecule has 0 aromatic heterocycles.